The number of para-hydroxylation sites is 2. The van der Waals surface area contributed by atoms with Crippen molar-refractivity contribution >= 4 is 63.3 Å². The van der Waals surface area contributed by atoms with E-state index in [0.29, 0.717) is 23.7 Å². The summed E-state index contributed by atoms with van der Waals surface area (Å²) in [6.07, 6.45) is 19.6. The molecule has 3 aromatic heterocycles. The van der Waals surface area contributed by atoms with Gasteiger partial charge in [0.2, 0.25) is 11.0 Å². The van der Waals surface area contributed by atoms with Crippen LogP contribution in [0.4, 0.5) is 11.4 Å². The molecule has 5 aromatic carbocycles. The number of nitrogens with one attached hydrogen (secondary N) is 2. The van der Waals surface area contributed by atoms with Crippen LogP contribution in [0.2, 0.25) is 0 Å². The number of fused-ring (bicyclic) bond motifs is 2. The van der Waals surface area contributed by atoms with Gasteiger partial charge >= 0.3 is 0 Å². The summed E-state index contributed by atoms with van der Waals surface area (Å²) in [7, 11) is 0. The van der Waals surface area contributed by atoms with Crippen molar-refractivity contribution in [2.45, 2.75) is 117 Å². The van der Waals surface area contributed by atoms with Crippen LogP contribution in [0.25, 0.3) is 22.5 Å². The molecule has 0 amide bonds. The van der Waals surface area contributed by atoms with Gasteiger partial charge in [0.25, 0.3) is 0 Å². The molecule has 0 saturated heterocycles. The Hall–Kier alpha value is -7.12. The van der Waals surface area contributed by atoms with Gasteiger partial charge in [-0.05, 0) is 113 Å². The van der Waals surface area contributed by atoms with Gasteiger partial charge in [0.1, 0.15) is 30.5 Å². The number of hydrogen-bond acceptors (Lipinski definition) is 4. The predicted octanol–water partition coefficient (Wildman–Crippen LogP) is 17.3. The minimum atomic E-state index is -0.108. The molecule has 0 saturated carbocycles. The van der Waals surface area contributed by atoms with E-state index in [1.807, 2.05) is 22.7 Å². The van der Waals surface area contributed by atoms with Crippen molar-refractivity contribution in [3.63, 3.8) is 0 Å². The van der Waals surface area contributed by atoms with Crippen LogP contribution in [-0.4, -0.2) is 11.3 Å². The highest BCUT2D eigenvalue weighted by molar-refractivity contribution is 7.12. The smallest absolute Gasteiger partial charge is 0.214 e. The predicted molar refractivity (Wildman–Crippen MR) is 326 cm³/mol. The molecule has 0 fully saturated rings. The number of benzene rings is 5. The fourth-order valence-corrected chi connectivity index (χ4v) is 13.5. The quantitative estimate of drug-likeness (QED) is 0.0510. The maximum atomic E-state index is 4.78. The molecular formula is C70H74N4S2. The van der Waals surface area contributed by atoms with Crippen molar-refractivity contribution in [2.24, 2.45) is 0 Å². The number of unbranched alkanes of at least 4 members (excludes halogenated alkanes) is 1. The Morgan fingerprint density at radius 1 is 0.566 bits per heavy atom. The number of allylic oxidation sites excluding steroid dienone is 4. The van der Waals surface area contributed by atoms with Gasteiger partial charge in [0.05, 0.1) is 6.72 Å². The van der Waals surface area contributed by atoms with Crippen LogP contribution < -0.4 is 20.1 Å². The maximum Gasteiger partial charge on any atom is 0.214 e. The number of rotatable bonds is 18. The second-order valence-electron chi connectivity index (χ2n) is 21.8. The summed E-state index contributed by atoms with van der Waals surface area (Å²) in [4.78, 5) is 5.42. The van der Waals surface area contributed by atoms with Crippen molar-refractivity contribution in [1.82, 2.24) is 0 Å². The Morgan fingerprint density at radius 2 is 1.14 bits per heavy atom. The number of aryl methyl sites for hydroxylation is 2. The Bertz CT molecular complexity index is 3670. The van der Waals surface area contributed by atoms with Gasteiger partial charge in [0.15, 0.2) is 0 Å². The third kappa shape index (κ3) is 10.8. The first kappa shape index (κ1) is 52.3. The second-order valence-corrected chi connectivity index (χ2v) is 24.2. The lowest BCUT2D eigenvalue weighted by molar-refractivity contribution is -0.520. The molecular weight excluding hydrogens is 961 g/mol. The zero-order valence-electron chi connectivity index (χ0n) is 45.7. The third-order valence-electron chi connectivity index (χ3n) is 15.3. The van der Waals surface area contributed by atoms with Gasteiger partial charge in [-0.2, -0.15) is 4.24 Å². The summed E-state index contributed by atoms with van der Waals surface area (Å²) in [5.74, 6) is 1.45. The summed E-state index contributed by atoms with van der Waals surface area (Å²) in [5.41, 5.74) is 12.5. The highest BCUT2D eigenvalue weighted by Crippen LogP contribution is 2.44. The topological polar surface area (TPSA) is 33.0 Å². The van der Waals surface area contributed by atoms with Crippen molar-refractivity contribution in [2.75, 3.05) is 10.6 Å². The van der Waals surface area contributed by atoms with Crippen LogP contribution >= 0.6 is 22.7 Å². The van der Waals surface area contributed by atoms with Crippen molar-refractivity contribution in [3.05, 3.63) is 263 Å². The summed E-state index contributed by atoms with van der Waals surface area (Å²) in [6.45, 7) is 28.0. The molecule has 0 spiro atoms. The number of thiophene rings is 2. The average Bonchev–Trinajstić information content (AvgIpc) is 4.11. The van der Waals surface area contributed by atoms with Crippen LogP contribution in [0.5, 0.6) is 0 Å². The van der Waals surface area contributed by atoms with E-state index < -0.39 is 0 Å². The zero-order valence-corrected chi connectivity index (χ0v) is 47.4. The minimum Gasteiger partial charge on any atom is -0.375 e. The number of hydrogen-bond donors (Lipinski definition) is 2. The lowest BCUT2D eigenvalue weighted by atomic mass is 9.91. The van der Waals surface area contributed by atoms with Crippen LogP contribution in [0, 0.1) is 29.7 Å². The molecule has 2 aliphatic rings. The monoisotopic (exact) mass is 1030 g/mol. The first-order valence-electron chi connectivity index (χ1n) is 27.5. The van der Waals surface area contributed by atoms with E-state index in [0.717, 1.165) is 48.5 Å². The van der Waals surface area contributed by atoms with Crippen LogP contribution in [0.3, 0.4) is 0 Å². The lowest BCUT2D eigenvalue weighted by Gasteiger charge is -2.33. The average molecular weight is 1040 g/mol. The highest BCUT2D eigenvalue weighted by atomic mass is 32.1. The molecule has 76 heavy (non-hydrogen) atoms. The normalized spacial score (nSPS) is 14.6. The van der Waals surface area contributed by atoms with E-state index in [9.17, 15) is 0 Å². The number of pyridine rings is 1. The molecule has 386 valence electrons. The van der Waals surface area contributed by atoms with E-state index in [2.05, 4.69) is 257 Å². The Balaban J connectivity index is 0.923. The summed E-state index contributed by atoms with van der Waals surface area (Å²) in [6, 6.07) is 52.5. The number of aromatic nitrogens is 1. The standard InChI is InChI=1S/C70H74N4S2/c1-45(2)53-31-19-32-54(46(3)4)67(53)71-69(63-39-21-37-61(73(63)9)59-35-17-25-49-23-11-15-29-57(49)59)65-43-41-51(75-65)27-13-14-28-52-42-44-66(76-52)70(72-68-55(47(5)6)33-20-34-56(68)48(7)8)64-40-22-38-62(74(64)10)60-36-18-26-50-24-12-16-30-58(50)60/h11-12,15-26,29-48,69-72H,9-10,13-14,27-28H2,1-8H3. The fraction of sp³-hybridized carbons (Fsp3) is 0.257. The molecule has 2 unspecified atom stereocenters. The molecule has 0 radical (unpaired) electrons. The summed E-state index contributed by atoms with van der Waals surface area (Å²) in [5, 5.41) is 14.3. The fourth-order valence-electron chi connectivity index (χ4n) is 11.3. The Labute approximate surface area is 460 Å². The Kier molecular flexibility index (Phi) is 15.8. The highest BCUT2D eigenvalue weighted by Gasteiger charge is 2.33. The Morgan fingerprint density at radius 3 is 1.82 bits per heavy atom. The van der Waals surface area contributed by atoms with Gasteiger partial charge in [-0.3, -0.25) is 4.58 Å². The SMILES string of the molecule is C=[N+]1C(c2cccc3ccccc23)=CC=C[C-]1C(Nc1c(C(C)C)cccc1C(C)C)c1ccc(CCCCc2ccc(C(Nc3c(C(C)C)cccc3C(C)C)c3cccc(=c4cccc5c4=CC=C[CH-]5)[n+]3=C)s2)s1. The molecule has 8 aromatic rings. The molecule has 1 aliphatic heterocycles. The molecule has 10 rings (SSSR count). The molecule has 6 heteroatoms. The molecule has 4 nitrogen and oxygen atoms in total. The van der Waals surface area contributed by atoms with E-state index in [4.69, 9.17) is 13.4 Å². The zero-order chi connectivity index (χ0) is 53.0. The van der Waals surface area contributed by atoms with Crippen molar-refractivity contribution < 1.29 is 8.82 Å². The van der Waals surface area contributed by atoms with E-state index in [1.54, 1.807) is 0 Å². The van der Waals surface area contributed by atoms with Crippen molar-refractivity contribution in [1.29, 1.82) is 0 Å². The number of nitrogens with zero attached hydrogens (tertiary/aromatic N) is 2. The van der Waals surface area contributed by atoms with Gasteiger partial charge in [-0.25, -0.2) is 0 Å². The molecule has 0 bridgehead atoms. The largest absolute Gasteiger partial charge is 0.375 e. The van der Waals surface area contributed by atoms with E-state index in [1.165, 1.54) is 85.5 Å². The van der Waals surface area contributed by atoms with Crippen LogP contribution in [0.1, 0.15) is 163 Å². The second kappa shape index (κ2) is 23.0. The first-order valence-corrected chi connectivity index (χ1v) is 29.1. The maximum absolute atomic E-state index is 4.78. The van der Waals surface area contributed by atoms with Crippen LogP contribution in [0.15, 0.2) is 170 Å². The molecule has 2 N–H and O–H groups in total. The van der Waals surface area contributed by atoms with Gasteiger partial charge in [-0.15, -0.1) is 71.1 Å². The van der Waals surface area contributed by atoms with E-state index >= 15 is 0 Å². The van der Waals surface area contributed by atoms with Gasteiger partial charge in [0, 0.05) is 53.8 Å². The number of anilines is 2. The minimum absolute atomic E-state index is 0.108. The third-order valence-corrected chi connectivity index (χ3v) is 17.7. The van der Waals surface area contributed by atoms with Gasteiger partial charge < -0.3 is 10.6 Å². The molecule has 1 aliphatic carbocycles. The van der Waals surface area contributed by atoms with Crippen LogP contribution in [-0.2, 0) is 12.8 Å². The molecule has 4 heterocycles. The van der Waals surface area contributed by atoms with E-state index in [-0.39, 0.29) is 12.1 Å². The molecule has 2 atom stereocenters. The van der Waals surface area contributed by atoms with Crippen molar-refractivity contribution in [3.8, 4) is 0 Å². The van der Waals surface area contributed by atoms with Gasteiger partial charge in [-0.1, -0.05) is 158 Å². The summed E-state index contributed by atoms with van der Waals surface area (Å²) < 4.78 is 4.34. The lowest BCUT2D eigenvalue weighted by Crippen LogP contribution is -2.30. The summed E-state index contributed by atoms with van der Waals surface area (Å²) >= 11 is 3.88. The first-order chi connectivity index (χ1) is 36.9.